The quantitative estimate of drug-likeness (QED) is 0.814. The highest BCUT2D eigenvalue weighted by Gasteiger charge is 2.10. The predicted octanol–water partition coefficient (Wildman–Crippen LogP) is 4.44. The number of hydrogen-bond donors (Lipinski definition) is 2. The van der Waals surface area contributed by atoms with Crippen molar-refractivity contribution in [2.24, 2.45) is 5.73 Å². The molecule has 2 rings (SSSR count). The van der Waals surface area contributed by atoms with Crippen LogP contribution in [0.1, 0.15) is 16.7 Å². The molecule has 0 aliphatic heterocycles. The molecule has 0 unspecified atom stereocenters. The van der Waals surface area contributed by atoms with Crippen LogP contribution in [0.4, 0.5) is 11.4 Å². The summed E-state index contributed by atoms with van der Waals surface area (Å²) in [5.74, 6) is 0. The van der Waals surface area contributed by atoms with Crippen LogP contribution < -0.4 is 11.1 Å². The largest absolute Gasteiger partial charge is 0.389 e. The van der Waals surface area contributed by atoms with Gasteiger partial charge in [-0.15, -0.1) is 0 Å². The fourth-order valence-corrected chi connectivity index (χ4v) is 2.91. The Bertz CT molecular complexity index is 638. The molecule has 0 aromatic heterocycles. The fraction of sp³-hybridized carbons (Fsp3) is 0.133. The Morgan fingerprint density at radius 2 is 1.89 bits per heavy atom. The first kappa shape index (κ1) is 14.0. The number of rotatable bonds is 3. The highest BCUT2D eigenvalue weighted by atomic mass is 79.9. The summed E-state index contributed by atoms with van der Waals surface area (Å²) in [5, 5.41) is 3.39. The zero-order valence-corrected chi connectivity index (χ0v) is 13.2. The summed E-state index contributed by atoms with van der Waals surface area (Å²) in [4.78, 5) is 0.375. The second kappa shape index (κ2) is 5.72. The van der Waals surface area contributed by atoms with Crippen LogP contribution in [0.15, 0.2) is 40.9 Å². The van der Waals surface area contributed by atoms with Crippen molar-refractivity contribution in [1.82, 2.24) is 0 Å². The summed E-state index contributed by atoms with van der Waals surface area (Å²) in [6.07, 6.45) is 0. The molecule has 0 amide bonds. The normalized spacial score (nSPS) is 10.3. The smallest absolute Gasteiger partial charge is 0.107 e. The van der Waals surface area contributed by atoms with E-state index in [1.54, 1.807) is 0 Å². The summed E-state index contributed by atoms with van der Waals surface area (Å²) in [7, 11) is 0. The lowest BCUT2D eigenvalue weighted by Crippen LogP contribution is -2.13. The molecule has 0 bridgehead atoms. The van der Waals surface area contributed by atoms with Crippen LogP contribution in [-0.2, 0) is 0 Å². The highest BCUT2D eigenvalue weighted by molar-refractivity contribution is 9.10. The average molecular weight is 335 g/mol. The van der Waals surface area contributed by atoms with Gasteiger partial charge in [-0.3, -0.25) is 0 Å². The molecule has 0 aliphatic carbocycles. The number of thiocarbonyl (C=S) groups is 1. The molecule has 0 saturated carbocycles. The molecule has 0 fully saturated rings. The van der Waals surface area contributed by atoms with Crippen LogP contribution in [0.25, 0.3) is 0 Å². The zero-order chi connectivity index (χ0) is 14.0. The predicted molar refractivity (Wildman–Crippen MR) is 89.2 cm³/mol. The maximum absolute atomic E-state index is 5.79. The number of benzene rings is 2. The minimum atomic E-state index is 0.375. The van der Waals surface area contributed by atoms with E-state index in [-0.39, 0.29) is 0 Å². The Balaban J connectivity index is 2.44. The number of aryl methyl sites for hydroxylation is 2. The monoisotopic (exact) mass is 334 g/mol. The number of hydrogen-bond acceptors (Lipinski definition) is 2. The third-order valence-electron chi connectivity index (χ3n) is 2.91. The van der Waals surface area contributed by atoms with Crippen LogP contribution >= 0.6 is 28.1 Å². The van der Waals surface area contributed by atoms with Gasteiger partial charge in [-0.1, -0.05) is 36.0 Å². The Morgan fingerprint density at radius 1 is 1.16 bits per heavy atom. The Labute approximate surface area is 127 Å². The topological polar surface area (TPSA) is 38.0 Å². The molecular weight excluding hydrogens is 320 g/mol. The van der Waals surface area contributed by atoms with E-state index in [4.69, 9.17) is 18.0 Å². The Morgan fingerprint density at radius 3 is 2.53 bits per heavy atom. The Kier molecular flexibility index (Phi) is 4.22. The molecular formula is C15H15BrN2S. The molecule has 0 aliphatic rings. The lowest BCUT2D eigenvalue weighted by molar-refractivity contribution is 1.36. The third kappa shape index (κ3) is 3.14. The summed E-state index contributed by atoms with van der Waals surface area (Å²) in [5.41, 5.74) is 11.0. The van der Waals surface area contributed by atoms with Crippen molar-refractivity contribution in [3.8, 4) is 0 Å². The van der Waals surface area contributed by atoms with Crippen LogP contribution in [0.3, 0.4) is 0 Å². The molecule has 2 aromatic rings. The van der Waals surface area contributed by atoms with Gasteiger partial charge >= 0.3 is 0 Å². The van der Waals surface area contributed by atoms with E-state index in [1.807, 2.05) is 18.2 Å². The van der Waals surface area contributed by atoms with Crippen LogP contribution in [0, 0.1) is 13.8 Å². The van der Waals surface area contributed by atoms with Crippen molar-refractivity contribution in [2.75, 3.05) is 5.32 Å². The molecule has 3 N–H and O–H groups in total. The number of halogens is 1. The number of nitrogens with one attached hydrogen (secondary N) is 1. The molecule has 2 aromatic carbocycles. The molecule has 0 heterocycles. The van der Waals surface area contributed by atoms with Crippen LogP contribution in [0.5, 0.6) is 0 Å². The maximum Gasteiger partial charge on any atom is 0.107 e. The number of anilines is 2. The lowest BCUT2D eigenvalue weighted by atomic mass is 10.1. The SMILES string of the molecule is Cc1ccc(Nc2cccc(Br)c2C(N)=S)c(C)c1. The summed E-state index contributed by atoms with van der Waals surface area (Å²) in [6.45, 7) is 4.16. The maximum atomic E-state index is 5.79. The third-order valence-corrected chi connectivity index (χ3v) is 3.78. The van der Waals surface area contributed by atoms with Crippen molar-refractivity contribution < 1.29 is 0 Å². The molecule has 0 spiro atoms. The second-order valence-electron chi connectivity index (χ2n) is 4.47. The van der Waals surface area contributed by atoms with Crippen molar-refractivity contribution >= 4 is 44.5 Å². The van der Waals surface area contributed by atoms with Crippen molar-refractivity contribution in [3.05, 3.63) is 57.6 Å². The van der Waals surface area contributed by atoms with E-state index < -0.39 is 0 Å². The minimum Gasteiger partial charge on any atom is -0.389 e. The molecule has 0 radical (unpaired) electrons. The van der Waals surface area contributed by atoms with Crippen molar-refractivity contribution in [2.45, 2.75) is 13.8 Å². The van der Waals surface area contributed by atoms with Gasteiger partial charge in [0.1, 0.15) is 4.99 Å². The average Bonchev–Trinajstić information content (AvgIpc) is 2.32. The van der Waals surface area contributed by atoms with Gasteiger partial charge < -0.3 is 11.1 Å². The van der Waals surface area contributed by atoms with Crippen molar-refractivity contribution in [3.63, 3.8) is 0 Å². The van der Waals surface area contributed by atoms with Gasteiger partial charge in [0, 0.05) is 21.4 Å². The highest BCUT2D eigenvalue weighted by Crippen LogP contribution is 2.29. The van der Waals surface area contributed by atoms with Gasteiger partial charge in [0.05, 0.1) is 0 Å². The van der Waals surface area contributed by atoms with Gasteiger partial charge in [-0.25, -0.2) is 0 Å². The van der Waals surface area contributed by atoms with Crippen molar-refractivity contribution in [1.29, 1.82) is 0 Å². The van der Waals surface area contributed by atoms with Gasteiger partial charge in [0.2, 0.25) is 0 Å². The van der Waals surface area contributed by atoms with E-state index >= 15 is 0 Å². The van der Waals surface area contributed by atoms with Gasteiger partial charge in [-0.2, -0.15) is 0 Å². The fourth-order valence-electron chi connectivity index (χ4n) is 1.98. The lowest BCUT2D eigenvalue weighted by Gasteiger charge is -2.14. The van der Waals surface area contributed by atoms with Crippen LogP contribution in [-0.4, -0.2) is 4.99 Å². The van der Waals surface area contributed by atoms with E-state index in [1.165, 1.54) is 11.1 Å². The first-order valence-electron chi connectivity index (χ1n) is 5.91. The summed E-state index contributed by atoms with van der Waals surface area (Å²) in [6, 6.07) is 12.1. The Hall–Kier alpha value is -1.39. The molecule has 4 heteroatoms. The first-order valence-corrected chi connectivity index (χ1v) is 7.12. The summed E-state index contributed by atoms with van der Waals surface area (Å²) >= 11 is 8.60. The number of nitrogens with two attached hydrogens (primary N) is 1. The van der Waals surface area contributed by atoms with Crippen LogP contribution in [0.2, 0.25) is 0 Å². The van der Waals surface area contributed by atoms with E-state index in [0.717, 1.165) is 21.4 Å². The second-order valence-corrected chi connectivity index (χ2v) is 5.76. The molecule has 0 saturated heterocycles. The van der Waals surface area contributed by atoms with Gasteiger partial charge in [0.15, 0.2) is 0 Å². The minimum absolute atomic E-state index is 0.375. The van der Waals surface area contributed by atoms with Gasteiger partial charge in [-0.05, 0) is 53.5 Å². The molecule has 98 valence electrons. The summed E-state index contributed by atoms with van der Waals surface area (Å²) < 4.78 is 0.898. The molecule has 0 atom stereocenters. The molecule has 2 nitrogen and oxygen atoms in total. The van der Waals surface area contributed by atoms with E-state index in [9.17, 15) is 0 Å². The van der Waals surface area contributed by atoms with Gasteiger partial charge in [0.25, 0.3) is 0 Å². The van der Waals surface area contributed by atoms with E-state index in [0.29, 0.717) is 4.99 Å². The first-order chi connectivity index (χ1) is 8.99. The zero-order valence-electron chi connectivity index (χ0n) is 10.8. The molecule has 19 heavy (non-hydrogen) atoms. The standard InChI is InChI=1S/C15H15BrN2S/c1-9-6-7-12(10(2)8-9)18-13-5-3-4-11(16)14(13)15(17)19/h3-8,18H,1-2H3,(H2,17,19). The van der Waals surface area contributed by atoms with E-state index in [2.05, 4.69) is 53.3 Å².